The zero-order valence-electron chi connectivity index (χ0n) is 16.7. The minimum atomic E-state index is -0.331. The number of hydrogen-bond donors (Lipinski definition) is 1. The number of amides is 2. The number of ether oxygens (including phenoxy) is 1. The van der Waals surface area contributed by atoms with Gasteiger partial charge >= 0.3 is 0 Å². The lowest BCUT2D eigenvalue weighted by Gasteiger charge is -2.31. The van der Waals surface area contributed by atoms with Crippen molar-refractivity contribution < 1.29 is 14.3 Å². The zero-order valence-corrected chi connectivity index (χ0v) is 17.5. The predicted molar refractivity (Wildman–Crippen MR) is 106 cm³/mol. The summed E-state index contributed by atoms with van der Waals surface area (Å²) in [6, 6.07) is -0.331. The molecule has 0 aromatic heterocycles. The normalized spacial score (nSPS) is 24.5. The van der Waals surface area contributed by atoms with Crippen LogP contribution < -0.4 is 5.32 Å². The second-order valence-corrected chi connectivity index (χ2v) is 9.14. The Balaban J connectivity index is 1.83. The average Bonchev–Trinajstić information content (AvgIpc) is 3.01. The quantitative estimate of drug-likeness (QED) is 0.646. The van der Waals surface area contributed by atoms with E-state index in [4.69, 9.17) is 4.74 Å². The molecule has 150 valence electrons. The first-order valence-corrected chi connectivity index (χ1v) is 11.0. The van der Waals surface area contributed by atoms with Crippen LogP contribution in [0.2, 0.25) is 0 Å². The summed E-state index contributed by atoms with van der Waals surface area (Å²) in [5.74, 6) is 1.21. The van der Waals surface area contributed by atoms with Gasteiger partial charge in [-0.2, -0.15) is 0 Å². The van der Waals surface area contributed by atoms with Crippen molar-refractivity contribution in [1.29, 1.82) is 0 Å². The lowest BCUT2D eigenvalue weighted by Crippen LogP contribution is -2.51. The number of nitrogens with one attached hydrogen (secondary N) is 1. The fraction of sp³-hybridized carbons (Fsp3) is 0.895. The topological polar surface area (TPSA) is 61.9 Å². The predicted octanol–water partition coefficient (Wildman–Crippen LogP) is 1.80. The summed E-state index contributed by atoms with van der Waals surface area (Å²) in [5, 5.41) is 3.18. The van der Waals surface area contributed by atoms with Gasteiger partial charge in [-0.3, -0.25) is 14.5 Å². The van der Waals surface area contributed by atoms with Crippen molar-refractivity contribution in [3.63, 3.8) is 0 Å². The lowest BCUT2D eigenvalue weighted by molar-refractivity contribution is -0.142. The number of nitrogens with zero attached hydrogens (tertiary/aromatic N) is 2. The van der Waals surface area contributed by atoms with Crippen LogP contribution in [0.4, 0.5) is 0 Å². The van der Waals surface area contributed by atoms with Crippen molar-refractivity contribution in [1.82, 2.24) is 15.1 Å². The number of thioether (sulfide) groups is 1. The second-order valence-electron chi connectivity index (χ2n) is 7.93. The summed E-state index contributed by atoms with van der Waals surface area (Å²) >= 11 is 1.75. The molecule has 2 saturated heterocycles. The van der Waals surface area contributed by atoms with Crippen molar-refractivity contribution in [3.8, 4) is 0 Å². The maximum Gasteiger partial charge on any atom is 0.243 e. The first kappa shape index (κ1) is 21.5. The van der Waals surface area contributed by atoms with Crippen LogP contribution in [0.3, 0.4) is 0 Å². The van der Waals surface area contributed by atoms with E-state index in [2.05, 4.69) is 24.1 Å². The van der Waals surface area contributed by atoms with E-state index >= 15 is 0 Å². The molecule has 0 saturated carbocycles. The van der Waals surface area contributed by atoms with E-state index in [0.29, 0.717) is 18.2 Å². The molecule has 2 fully saturated rings. The van der Waals surface area contributed by atoms with Crippen molar-refractivity contribution in [2.75, 3.05) is 45.1 Å². The highest BCUT2D eigenvalue weighted by atomic mass is 32.2. The molecule has 2 aliphatic rings. The van der Waals surface area contributed by atoms with Crippen LogP contribution >= 0.6 is 11.8 Å². The molecule has 6 nitrogen and oxygen atoms in total. The Bertz CT molecular complexity index is 467. The minimum absolute atomic E-state index is 0.000247. The fourth-order valence-corrected chi connectivity index (χ4v) is 5.05. The molecule has 0 spiro atoms. The molecule has 2 heterocycles. The van der Waals surface area contributed by atoms with Crippen molar-refractivity contribution in [2.45, 2.75) is 52.0 Å². The summed E-state index contributed by atoms with van der Waals surface area (Å²) in [5.41, 5.74) is 0. The first-order chi connectivity index (χ1) is 12.4. The van der Waals surface area contributed by atoms with Crippen LogP contribution in [0.5, 0.6) is 0 Å². The minimum Gasteiger partial charge on any atom is -0.379 e. The average molecular weight is 386 g/mol. The molecule has 0 aromatic rings. The summed E-state index contributed by atoms with van der Waals surface area (Å²) < 4.78 is 5.35. The molecule has 2 amide bonds. The molecule has 0 radical (unpaired) electrons. The Hall–Kier alpha value is -0.790. The molecule has 26 heavy (non-hydrogen) atoms. The molecule has 0 bridgehead atoms. The van der Waals surface area contributed by atoms with Crippen molar-refractivity contribution >= 4 is 23.6 Å². The van der Waals surface area contributed by atoms with Crippen LogP contribution in [-0.2, 0) is 14.3 Å². The van der Waals surface area contributed by atoms with Gasteiger partial charge in [-0.25, -0.2) is 0 Å². The monoisotopic (exact) mass is 385 g/mol. The summed E-state index contributed by atoms with van der Waals surface area (Å²) in [6.45, 7) is 13.3. The number of hydrogen-bond acceptors (Lipinski definition) is 5. The third-order valence-electron chi connectivity index (χ3n) is 4.87. The zero-order chi connectivity index (χ0) is 19.1. The van der Waals surface area contributed by atoms with Crippen LogP contribution in [-0.4, -0.2) is 78.2 Å². The van der Waals surface area contributed by atoms with Crippen molar-refractivity contribution in [3.05, 3.63) is 0 Å². The maximum absolute atomic E-state index is 12.7. The van der Waals surface area contributed by atoms with Gasteiger partial charge in [0.05, 0.1) is 18.6 Å². The first-order valence-electron chi connectivity index (χ1n) is 9.91. The van der Waals surface area contributed by atoms with Crippen LogP contribution in [0.25, 0.3) is 0 Å². The molecule has 2 aliphatic heterocycles. The van der Waals surface area contributed by atoms with Gasteiger partial charge in [-0.1, -0.05) is 27.7 Å². The fourth-order valence-electron chi connectivity index (χ4n) is 3.40. The Morgan fingerprint density at radius 3 is 2.50 bits per heavy atom. The maximum atomic E-state index is 12.7. The largest absolute Gasteiger partial charge is 0.379 e. The van der Waals surface area contributed by atoms with Crippen LogP contribution in [0, 0.1) is 11.8 Å². The number of rotatable bonds is 8. The van der Waals surface area contributed by atoms with E-state index in [1.165, 1.54) is 0 Å². The SMILES string of the molecule is CC(C)CC1SCC(C(=O)NCCCN2CCOCC2)N1C(=O)C(C)C. The number of carbonyl (C=O) groups is 2. The summed E-state index contributed by atoms with van der Waals surface area (Å²) in [4.78, 5) is 29.6. The Morgan fingerprint density at radius 2 is 1.88 bits per heavy atom. The molecule has 0 aromatic carbocycles. The molecular weight excluding hydrogens is 350 g/mol. The van der Waals surface area contributed by atoms with Crippen molar-refractivity contribution in [2.24, 2.45) is 11.8 Å². The Kier molecular flexibility index (Phi) is 8.70. The summed E-state index contributed by atoms with van der Waals surface area (Å²) in [6.07, 6.45) is 1.86. The summed E-state index contributed by atoms with van der Waals surface area (Å²) in [7, 11) is 0. The van der Waals surface area contributed by atoms with Crippen LogP contribution in [0.15, 0.2) is 0 Å². The second kappa shape index (κ2) is 10.5. The van der Waals surface area contributed by atoms with Gasteiger partial charge in [0.25, 0.3) is 0 Å². The van der Waals surface area contributed by atoms with E-state index in [9.17, 15) is 9.59 Å². The smallest absolute Gasteiger partial charge is 0.243 e. The lowest BCUT2D eigenvalue weighted by atomic mass is 10.1. The molecule has 1 N–H and O–H groups in total. The van der Waals surface area contributed by atoms with E-state index in [1.807, 2.05) is 18.7 Å². The number of carbonyl (C=O) groups excluding carboxylic acids is 2. The standard InChI is InChI=1S/C19H35N3O3S/c1-14(2)12-17-22(19(24)15(3)4)16(13-26-17)18(23)20-6-5-7-21-8-10-25-11-9-21/h14-17H,5-13H2,1-4H3,(H,20,23). The third-order valence-corrected chi connectivity index (χ3v) is 6.18. The number of morpholine rings is 1. The van der Waals surface area contributed by atoms with Gasteiger partial charge in [0.2, 0.25) is 11.8 Å². The molecule has 2 rings (SSSR count). The Labute approximate surface area is 162 Å². The molecule has 7 heteroatoms. The van der Waals surface area contributed by atoms with Gasteiger partial charge < -0.3 is 15.0 Å². The van der Waals surface area contributed by atoms with Gasteiger partial charge in [0, 0.05) is 31.3 Å². The van der Waals surface area contributed by atoms with E-state index < -0.39 is 0 Å². The molecule has 0 aliphatic carbocycles. The van der Waals surface area contributed by atoms with Crippen LogP contribution in [0.1, 0.15) is 40.5 Å². The van der Waals surface area contributed by atoms with Gasteiger partial charge in [0.1, 0.15) is 6.04 Å². The van der Waals surface area contributed by atoms with E-state index in [0.717, 1.165) is 45.7 Å². The van der Waals surface area contributed by atoms with Gasteiger partial charge in [-0.15, -0.1) is 11.8 Å². The molecule has 2 unspecified atom stereocenters. The van der Waals surface area contributed by atoms with E-state index in [1.54, 1.807) is 11.8 Å². The third kappa shape index (κ3) is 6.13. The van der Waals surface area contributed by atoms with Gasteiger partial charge in [-0.05, 0) is 25.3 Å². The highest BCUT2D eigenvalue weighted by molar-refractivity contribution is 8.00. The van der Waals surface area contributed by atoms with E-state index in [-0.39, 0.29) is 29.1 Å². The Morgan fingerprint density at radius 1 is 1.19 bits per heavy atom. The molecule has 2 atom stereocenters. The van der Waals surface area contributed by atoms with Gasteiger partial charge in [0.15, 0.2) is 0 Å². The highest BCUT2D eigenvalue weighted by Crippen LogP contribution is 2.34. The molecular formula is C19H35N3O3S. The highest BCUT2D eigenvalue weighted by Gasteiger charge is 2.41.